The van der Waals surface area contributed by atoms with Crippen LogP contribution in [-0.2, 0) is 0 Å². The smallest absolute Gasteiger partial charge is 0.129 e. The molecule has 4 aliphatic rings. The minimum Gasteiger partial charge on any atom is -0.508 e. The topological polar surface area (TPSA) is 66.5 Å². The molecule has 24 heavy (non-hydrogen) atoms. The number of allylic oxidation sites excluding steroid dienone is 4. The van der Waals surface area contributed by atoms with E-state index in [0.717, 1.165) is 0 Å². The minimum atomic E-state index is -1.68. The molecule has 0 aromatic carbocycles. The Morgan fingerprint density at radius 2 is 2.00 bits per heavy atom. The number of hydrogen-bond donors (Lipinski definition) is 3. The Labute approximate surface area is 140 Å². The molecule has 4 aliphatic carbocycles. The minimum absolute atomic E-state index is 0.0559. The van der Waals surface area contributed by atoms with Gasteiger partial charge < -0.3 is 15.9 Å². The van der Waals surface area contributed by atoms with Gasteiger partial charge in [-0.1, -0.05) is 19.1 Å². The van der Waals surface area contributed by atoms with Gasteiger partial charge in [-0.25, -0.2) is 8.78 Å². The fourth-order valence-electron chi connectivity index (χ4n) is 5.87. The van der Waals surface area contributed by atoms with Crippen LogP contribution in [0.2, 0.25) is 0 Å². The molecule has 0 aliphatic heterocycles. The summed E-state index contributed by atoms with van der Waals surface area (Å²) in [6.45, 7) is 3.75. The van der Waals surface area contributed by atoms with Crippen LogP contribution in [0.1, 0.15) is 33.1 Å². The molecular formula is C19H25F2NO2. The molecular weight excluding hydrogens is 312 g/mol. The third-order valence-corrected chi connectivity index (χ3v) is 7.54. The number of rotatable bonds is 0. The molecule has 0 aromatic rings. The highest BCUT2D eigenvalue weighted by Crippen LogP contribution is 2.66. The van der Waals surface area contributed by atoms with Crippen molar-refractivity contribution in [2.75, 3.05) is 0 Å². The van der Waals surface area contributed by atoms with Crippen LogP contribution in [0.3, 0.4) is 0 Å². The summed E-state index contributed by atoms with van der Waals surface area (Å²) in [6.07, 6.45) is 5.14. The van der Waals surface area contributed by atoms with Crippen molar-refractivity contribution in [2.45, 2.75) is 57.1 Å². The summed E-state index contributed by atoms with van der Waals surface area (Å²) < 4.78 is 30.8. The molecule has 5 heteroatoms. The summed E-state index contributed by atoms with van der Waals surface area (Å²) in [5.41, 5.74) is 3.61. The van der Waals surface area contributed by atoms with Gasteiger partial charge >= 0.3 is 0 Å². The second-order valence-electron chi connectivity index (χ2n) is 8.50. The van der Waals surface area contributed by atoms with Gasteiger partial charge in [0.15, 0.2) is 0 Å². The standard InChI is InChI=1S/C19H25F2NO2/c1-17-5-6-19(21)15(12(17)9-13(20)16(17)22)14(24)8-10-7-11(23)3-4-18(10,19)2/h3-4,7-8,12-16,23-24H,5-6,9,22H2,1-2H3/t12-,13+,14-,15+,16-,17-,18-,19-/m0/s1. The van der Waals surface area contributed by atoms with Crippen LogP contribution in [-0.4, -0.2) is 34.2 Å². The molecule has 0 bridgehead atoms. The predicted octanol–water partition coefficient (Wildman–Crippen LogP) is 3.12. The van der Waals surface area contributed by atoms with Crippen molar-refractivity contribution in [1.29, 1.82) is 0 Å². The monoisotopic (exact) mass is 337 g/mol. The first-order valence-corrected chi connectivity index (χ1v) is 8.72. The van der Waals surface area contributed by atoms with E-state index in [1.165, 1.54) is 12.2 Å². The van der Waals surface area contributed by atoms with E-state index in [-0.39, 0.29) is 24.5 Å². The first-order valence-electron chi connectivity index (χ1n) is 8.72. The van der Waals surface area contributed by atoms with Gasteiger partial charge in [0.1, 0.15) is 17.6 Å². The van der Waals surface area contributed by atoms with Crippen molar-refractivity contribution in [3.8, 4) is 0 Å². The van der Waals surface area contributed by atoms with Gasteiger partial charge in [0.25, 0.3) is 0 Å². The quantitative estimate of drug-likeness (QED) is 0.636. The highest BCUT2D eigenvalue weighted by Gasteiger charge is 2.69. The molecule has 3 nitrogen and oxygen atoms in total. The van der Waals surface area contributed by atoms with E-state index >= 15 is 4.39 Å². The van der Waals surface area contributed by atoms with Gasteiger partial charge in [0.05, 0.1) is 6.10 Å². The molecule has 2 saturated carbocycles. The normalized spacial score (nSPS) is 56.0. The van der Waals surface area contributed by atoms with Crippen LogP contribution in [0, 0.1) is 22.7 Å². The molecule has 0 unspecified atom stereocenters. The average Bonchev–Trinajstić information content (AvgIpc) is 2.74. The van der Waals surface area contributed by atoms with E-state index in [1.54, 1.807) is 12.2 Å². The third kappa shape index (κ3) is 1.72. The summed E-state index contributed by atoms with van der Waals surface area (Å²) in [5, 5.41) is 20.5. The second-order valence-corrected chi connectivity index (χ2v) is 8.50. The Hall–Kier alpha value is -1.20. The largest absolute Gasteiger partial charge is 0.508 e. The molecule has 0 spiro atoms. The molecule has 4 rings (SSSR count). The highest BCUT2D eigenvalue weighted by molar-refractivity contribution is 5.47. The van der Waals surface area contributed by atoms with E-state index in [4.69, 9.17) is 5.73 Å². The molecule has 0 aromatic heterocycles. The van der Waals surface area contributed by atoms with Gasteiger partial charge in [-0.2, -0.15) is 0 Å². The number of aliphatic hydroxyl groups is 2. The van der Waals surface area contributed by atoms with Crippen LogP contribution >= 0.6 is 0 Å². The Morgan fingerprint density at radius 1 is 1.29 bits per heavy atom. The van der Waals surface area contributed by atoms with Gasteiger partial charge in [-0.15, -0.1) is 0 Å². The van der Waals surface area contributed by atoms with Crippen LogP contribution in [0.25, 0.3) is 0 Å². The number of aliphatic hydroxyl groups excluding tert-OH is 2. The van der Waals surface area contributed by atoms with E-state index in [2.05, 4.69) is 0 Å². The maximum Gasteiger partial charge on any atom is 0.129 e. The highest BCUT2D eigenvalue weighted by atomic mass is 19.1. The summed E-state index contributed by atoms with van der Waals surface area (Å²) in [7, 11) is 0. The zero-order chi connectivity index (χ0) is 17.5. The maximum atomic E-state index is 16.5. The Balaban J connectivity index is 1.85. The van der Waals surface area contributed by atoms with Gasteiger partial charge in [0.2, 0.25) is 0 Å². The van der Waals surface area contributed by atoms with Crippen molar-refractivity contribution < 1.29 is 19.0 Å². The Morgan fingerprint density at radius 3 is 2.71 bits per heavy atom. The van der Waals surface area contributed by atoms with Crippen molar-refractivity contribution in [3.63, 3.8) is 0 Å². The second kappa shape index (κ2) is 4.70. The molecule has 0 heterocycles. The zero-order valence-electron chi connectivity index (χ0n) is 14.0. The van der Waals surface area contributed by atoms with Crippen LogP contribution < -0.4 is 5.73 Å². The lowest BCUT2D eigenvalue weighted by molar-refractivity contribution is -0.143. The van der Waals surface area contributed by atoms with Crippen molar-refractivity contribution in [1.82, 2.24) is 0 Å². The van der Waals surface area contributed by atoms with Gasteiger partial charge in [-0.05, 0) is 55.2 Å². The Bertz CT molecular complexity index is 674. The fourth-order valence-corrected chi connectivity index (χ4v) is 5.87. The van der Waals surface area contributed by atoms with Crippen LogP contribution in [0.4, 0.5) is 8.78 Å². The lowest BCUT2D eigenvalue weighted by Crippen LogP contribution is -2.63. The summed E-state index contributed by atoms with van der Waals surface area (Å²) in [6, 6.07) is -0.608. The van der Waals surface area contributed by atoms with Gasteiger partial charge in [-0.3, -0.25) is 0 Å². The molecule has 132 valence electrons. The first-order chi connectivity index (χ1) is 11.1. The number of alkyl halides is 2. The SMILES string of the molecule is C[C@]12CC[C@]3(F)[C@@H]([C@@H](O)C=C4C=C(O)C=C[C@@]43C)[C@@H]1C[C@@H](F)[C@@H]2N. The summed E-state index contributed by atoms with van der Waals surface area (Å²) in [4.78, 5) is 0. The Kier molecular flexibility index (Phi) is 3.19. The van der Waals surface area contributed by atoms with Gasteiger partial charge in [0, 0.05) is 17.4 Å². The van der Waals surface area contributed by atoms with E-state index < -0.39 is 40.7 Å². The van der Waals surface area contributed by atoms with Crippen molar-refractivity contribution >= 4 is 0 Å². The average molecular weight is 337 g/mol. The predicted molar refractivity (Wildman–Crippen MR) is 87.7 cm³/mol. The zero-order valence-corrected chi connectivity index (χ0v) is 14.0. The van der Waals surface area contributed by atoms with E-state index in [9.17, 15) is 14.6 Å². The van der Waals surface area contributed by atoms with Crippen molar-refractivity contribution in [3.05, 3.63) is 35.6 Å². The number of halogens is 2. The summed E-state index contributed by atoms with van der Waals surface area (Å²) in [5.74, 6) is -0.922. The molecule has 0 saturated heterocycles. The third-order valence-electron chi connectivity index (χ3n) is 7.54. The lowest BCUT2D eigenvalue weighted by atomic mass is 9.47. The van der Waals surface area contributed by atoms with E-state index in [0.29, 0.717) is 12.0 Å². The molecule has 4 N–H and O–H groups in total. The molecule has 0 radical (unpaired) electrons. The van der Waals surface area contributed by atoms with Crippen molar-refractivity contribution in [2.24, 2.45) is 28.4 Å². The van der Waals surface area contributed by atoms with Crippen LogP contribution in [0.5, 0.6) is 0 Å². The van der Waals surface area contributed by atoms with E-state index in [1.807, 2.05) is 13.8 Å². The lowest BCUT2D eigenvalue weighted by Gasteiger charge is -2.59. The number of hydrogen-bond acceptors (Lipinski definition) is 3. The van der Waals surface area contributed by atoms with Crippen LogP contribution in [0.15, 0.2) is 35.6 Å². The molecule has 2 fully saturated rings. The number of fused-ring (bicyclic) bond motifs is 5. The summed E-state index contributed by atoms with van der Waals surface area (Å²) >= 11 is 0. The first kappa shape index (κ1) is 16.3. The molecule has 8 atom stereocenters. The molecule has 0 amide bonds. The number of nitrogens with two attached hydrogens (primary N) is 1. The fraction of sp³-hybridized carbons (Fsp3) is 0.684. The maximum absolute atomic E-state index is 16.5.